The first-order valence-electron chi connectivity index (χ1n) is 5.34. The summed E-state index contributed by atoms with van der Waals surface area (Å²) in [6, 6.07) is 1.46. The highest BCUT2D eigenvalue weighted by molar-refractivity contribution is 6.00. The zero-order valence-electron chi connectivity index (χ0n) is 10.0. The summed E-state index contributed by atoms with van der Waals surface area (Å²) in [4.78, 5) is 18.6. The van der Waals surface area contributed by atoms with Gasteiger partial charge in [0.1, 0.15) is 0 Å². The molecular weight excluding hydrogens is 278 g/mol. The van der Waals surface area contributed by atoms with Gasteiger partial charge in [0.2, 0.25) is 5.95 Å². The van der Waals surface area contributed by atoms with Crippen molar-refractivity contribution in [2.45, 2.75) is 6.92 Å². The number of carbonyl (C=O) groups is 1. The van der Waals surface area contributed by atoms with E-state index in [4.69, 9.17) is 0 Å². The molecule has 8 heteroatoms. The number of hydrogen-bond acceptors (Lipinski definition) is 4. The van der Waals surface area contributed by atoms with Crippen LogP contribution in [0.25, 0.3) is 0 Å². The molecule has 0 aliphatic heterocycles. The largest absolute Gasteiger partial charge is 0.321 e. The highest BCUT2D eigenvalue weighted by Crippen LogP contribution is 2.30. The van der Waals surface area contributed by atoms with Gasteiger partial charge in [0.15, 0.2) is 29.1 Å². The fourth-order valence-electron chi connectivity index (χ4n) is 1.56. The molecule has 0 aliphatic carbocycles. The van der Waals surface area contributed by atoms with Crippen LogP contribution in [0.4, 0.5) is 29.2 Å². The summed E-state index contributed by atoms with van der Waals surface area (Å²) in [6.07, 6.45) is 2.58. The number of nitrogens with one attached hydrogen (secondary N) is 1. The molecule has 1 N–H and O–H groups in total. The van der Waals surface area contributed by atoms with E-state index in [9.17, 15) is 22.4 Å². The topological polar surface area (TPSA) is 54.9 Å². The normalized spacial score (nSPS) is 10.4. The molecule has 20 heavy (non-hydrogen) atoms. The molecule has 2 aromatic rings. The molecule has 0 fully saturated rings. The number of halogens is 4. The van der Waals surface area contributed by atoms with Gasteiger partial charge in [0.25, 0.3) is 0 Å². The smallest absolute Gasteiger partial charge is 0.227 e. The molecule has 2 rings (SSSR count). The number of Topliss-reactive ketones (excluding diaryl/α,β-unsaturated/α-hetero) is 1. The average molecular weight is 285 g/mol. The molecule has 1 heterocycles. The lowest BCUT2D eigenvalue weighted by molar-refractivity contribution is 0.101. The van der Waals surface area contributed by atoms with Crippen molar-refractivity contribution in [2.24, 2.45) is 0 Å². The molecule has 104 valence electrons. The van der Waals surface area contributed by atoms with Gasteiger partial charge in [-0.05, 0) is 13.0 Å². The molecule has 0 amide bonds. The summed E-state index contributed by atoms with van der Waals surface area (Å²) < 4.78 is 53.6. The molecule has 0 unspecified atom stereocenters. The molecule has 0 saturated heterocycles. The van der Waals surface area contributed by atoms with Crippen molar-refractivity contribution in [3.63, 3.8) is 0 Å². The number of hydrogen-bond donors (Lipinski definition) is 1. The molecular formula is C12H7F4N3O. The fraction of sp³-hybridized carbons (Fsp3) is 0.0833. The average Bonchev–Trinajstić information content (AvgIpc) is 2.43. The standard InChI is InChI=1S/C12H7F4N3O/c1-5(20)6-7(13)8(14)9(15)10(16)11(6)19-12-17-3-2-4-18-12/h2-4H,1H3,(H,17,18,19). The second-order valence-corrected chi connectivity index (χ2v) is 3.76. The molecule has 1 aromatic heterocycles. The maximum atomic E-state index is 13.7. The summed E-state index contributed by atoms with van der Waals surface area (Å²) in [5.41, 5.74) is -1.78. The third-order valence-electron chi connectivity index (χ3n) is 2.42. The molecule has 0 atom stereocenters. The van der Waals surface area contributed by atoms with E-state index >= 15 is 0 Å². The summed E-state index contributed by atoms with van der Waals surface area (Å²) in [5.74, 6) is -8.73. The lowest BCUT2D eigenvalue weighted by Crippen LogP contribution is -2.12. The van der Waals surface area contributed by atoms with Crippen LogP contribution in [-0.4, -0.2) is 15.8 Å². The van der Waals surface area contributed by atoms with Gasteiger partial charge >= 0.3 is 0 Å². The molecule has 0 saturated carbocycles. The number of ketones is 1. The molecule has 0 bridgehead atoms. The minimum absolute atomic E-state index is 0.195. The third kappa shape index (κ3) is 2.31. The van der Waals surface area contributed by atoms with Crippen molar-refractivity contribution in [1.29, 1.82) is 0 Å². The number of anilines is 2. The van der Waals surface area contributed by atoms with E-state index < -0.39 is 40.3 Å². The number of carbonyl (C=O) groups excluding carboxylic acids is 1. The van der Waals surface area contributed by atoms with Crippen molar-refractivity contribution >= 4 is 17.4 Å². The maximum absolute atomic E-state index is 13.7. The van der Waals surface area contributed by atoms with E-state index in [-0.39, 0.29) is 5.95 Å². The molecule has 4 nitrogen and oxygen atoms in total. The van der Waals surface area contributed by atoms with Gasteiger partial charge in [-0.2, -0.15) is 0 Å². The zero-order valence-corrected chi connectivity index (χ0v) is 10.0. The summed E-state index contributed by atoms with van der Waals surface area (Å²) in [7, 11) is 0. The number of benzene rings is 1. The Morgan fingerprint density at radius 3 is 2.10 bits per heavy atom. The fourth-order valence-corrected chi connectivity index (χ4v) is 1.56. The second kappa shape index (κ2) is 5.24. The van der Waals surface area contributed by atoms with Crippen molar-refractivity contribution in [2.75, 3.05) is 5.32 Å². The van der Waals surface area contributed by atoms with E-state index in [1.54, 1.807) is 0 Å². The lowest BCUT2D eigenvalue weighted by atomic mass is 10.1. The van der Waals surface area contributed by atoms with Crippen LogP contribution < -0.4 is 5.32 Å². The first-order valence-corrected chi connectivity index (χ1v) is 5.34. The zero-order chi connectivity index (χ0) is 14.9. The maximum Gasteiger partial charge on any atom is 0.227 e. The van der Waals surface area contributed by atoms with Crippen LogP contribution in [0.1, 0.15) is 17.3 Å². The summed E-state index contributed by atoms with van der Waals surface area (Å²) >= 11 is 0. The molecule has 0 aliphatic rings. The van der Waals surface area contributed by atoms with Gasteiger partial charge in [-0.1, -0.05) is 0 Å². The highest BCUT2D eigenvalue weighted by atomic mass is 19.2. The van der Waals surface area contributed by atoms with Crippen LogP contribution in [0.15, 0.2) is 18.5 Å². The van der Waals surface area contributed by atoms with E-state index in [1.165, 1.54) is 18.5 Å². The first-order chi connectivity index (χ1) is 9.43. The van der Waals surface area contributed by atoms with Gasteiger partial charge in [-0.15, -0.1) is 0 Å². The quantitative estimate of drug-likeness (QED) is 0.407. The monoisotopic (exact) mass is 285 g/mol. The van der Waals surface area contributed by atoms with Crippen LogP contribution in [-0.2, 0) is 0 Å². The Balaban J connectivity index is 2.65. The summed E-state index contributed by atoms with van der Waals surface area (Å²) in [5, 5.41) is 2.17. The third-order valence-corrected chi connectivity index (χ3v) is 2.42. The van der Waals surface area contributed by atoms with Crippen LogP contribution >= 0.6 is 0 Å². The van der Waals surface area contributed by atoms with Crippen LogP contribution in [0.5, 0.6) is 0 Å². The van der Waals surface area contributed by atoms with Gasteiger partial charge < -0.3 is 5.32 Å². The Hall–Kier alpha value is -2.51. The van der Waals surface area contributed by atoms with E-state index in [1.807, 2.05) is 0 Å². The van der Waals surface area contributed by atoms with Crippen molar-refractivity contribution in [3.05, 3.63) is 47.3 Å². The Kier molecular flexibility index (Phi) is 3.64. The number of rotatable bonds is 3. The van der Waals surface area contributed by atoms with E-state index in [2.05, 4.69) is 15.3 Å². The van der Waals surface area contributed by atoms with Gasteiger partial charge in [-0.3, -0.25) is 4.79 Å². The molecule has 0 spiro atoms. The minimum atomic E-state index is -2.05. The van der Waals surface area contributed by atoms with Crippen molar-refractivity contribution in [3.8, 4) is 0 Å². The minimum Gasteiger partial charge on any atom is -0.321 e. The van der Waals surface area contributed by atoms with Crippen LogP contribution in [0.3, 0.4) is 0 Å². The Morgan fingerprint density at radius 2 is 1.55 bits per heavy atom. The van der Waals surface area contributed by atoms with E-state index in [0.717, 1.165) is 6.92 Å². The van der Waals surface area contributed by atoms with Crippen molar-refractivity contribution in [1.82, 2.24) is 9.97 Å². The Morgan fingerprint density at radius 1 is 1.00 bits per heavy atom. The second-order valence-electron chi connectivity index (χ2n) is 3.76. The van der Waals surface area contributed by atoms with Gasteiger partial charge in [0, 0.05) is 12.4 Å². The Bertz CT molecular complexity index is 676. The summed E-state index contributed by atoms with van der Waals surface area (Å²) in [6.45, 7) is 0.895. The highest BCUT2D eigenvalue weighted by Gasteiger charge is 2.28. The van der Waals surface area contributed by atoms with Gasteiger partial charge in [0.05, 0.1) is 11.3 Å². The first kappa shape index (κ1) is 13.9. The lowest BCUT2D eigenvalue weighted by Gasteiger charge is -2.12. The molecule has 0 radical (unpaired) electrons. The van der Waals surface area contributed by atoms with Gasteiger partial charge in [-0.25, -0.2) is 27.5 Å². The van der Waals surface area contributed by atoms with Crippen molar-refractivity contribution < 1.29 is 22.4 Å². The number of aromatic nitrogens is 2. The predicted octanol–water partition coefficient (Wildman–Crippen LogP) is 2.98. The number of nitrogens with zero attached hydrogens (tertiary/aromatic N) is 2. The Labute approximate surface area is 110 Å². The predicted molar refractivity (Wildman–Crippen MR) is 61.6 cm³/mol. The molecule has 1 aromatic carbocycles. The van der Waals surface area contributed by atoms with Crippen LogP contribution in [0, 0.1) is 23.3 Å². The van der Waals surface area contributed by atoms with E-state index in [0.29, 0.717) is 0 Å². The van der Waals surface area contributed by atoms with Crippen LogP contribution in [0.2, 0.25) is 0 Å². The SMILES string of the molecule is CC(=O)c1c(F)c(F)c(F)c(F)c1Nc1ncccn1.